The van der Waals surface area contributed by atoms with Crippen molar-refractivity contribution >= 4 is 22.0 Å². The Balaban J connectivity index is 0.000000597. The Morgan fingerprint density at radius 1 is 1.31 bits per heavy atom. The molecule has 0 radical (unpaired) electrons. The number of benzene rings is 1. The number of nitrogens with two attached hydrogens (primary N) is 2. The fourth-order valence-electron chi connectivity index (χ4n) is 2.15. The van der Waals surface area contributed by atoms with E-state index in [-0.39, 0.29) is 5.96 Å². The summed E-state index contributed by atoms with van der Waals surface area (Å²) in [4.78, 5) is 15.4. The van der Waals surface area contributed by atoms with Crippen molar-refractivity contribution < 1.29 is 17.8 Å². The predicted octanol–water partition coefficient (Wildman–Crippen LogP) is 0.790. The molecule has 5 N–H and O–H groups in total. The van der Waals surface area contributed by atoms with Crippen molar-refractivity contribution in [2.24, 2.45) is 23.5 Å². The lowest BCUT2D eigenvalue weighted by Gasteiger charge is -2.07. The number of nitriles is 1. The monoisotopic (exact) mass is 377 g/mol. The molecule has 10 heteroatoms. The zero-order chi connectivity index (χ0) is 20.1. The Morgan fingerprint density at radius 2 is 1.88 bits per heavy atom. The van der Waals surface area contributed by atoms with Gasteiger partial charge in [-0.1, -0.05) is 12.1 Å². The molecule has 1 amide bonds. The van der Waals surface area contributed by atoms with Crippen molar-refractivity contribution in [3.05, 3.63) is 47.2 Å². The maximum absolute atomic E-state index is 11.9. The minimum Gasteiger partial charge on any atom is -0.370 e. The summed E-state index contributed by atoms with van der Waals surface area (Å²) < 4.78 is 27.8. The first-order valence-corrected chi connectivity index (χ1v) is 9.02. The van der Waals surface area contributed by atoms with Crippen LogP contribution in [0.4, 0.5) is 0 Å². The van der Waals surface area contributed by atoms with Crippen LogP contribution in [0.1, 0.15) is 21.6 Å². The third-order valence-electron chi connectivity index (χ3n) is 3.21. The van der Waals surface area contributed by atoms with Crippen LogP contribution in [-0.4, -0.2) is 35.7 Å². The molecular weight excluding hydrogens is 358 g/mol. The van der Waals surface area contributed by atoms with Gasteiger partial charge in [0, 0.05) is 23.9 Å². The van der Waals surface area contributed by atoms with Gasteiger partial charge in [0.2, 0.25) is 0 Å². The van der Waals surface area contributed by atoms with Gasteiger partial charge in [-0.2, -0.15) is 18.7 Å². The number of carbonyl (C=O) groups is 1. The smallest absolute Gasteiger partial charge is 0.280 e. The molecule has 26 heavy (non-hydrogen) atoms. The first kappa shape index (κ1) is 20.9. The third-order valence-corrected chi connectivity index (χ3v) is 3.21. The number of carbonyl (C=O) groups excluding carboxylic acids is 1. The van der Waals surface area contributed by atoms with Gasteiger partial charge in [0.05, 0.1) is 17.5 Å². The Morgan fingerprint density at radius 3 is 2.38 bits per heavy atom. The first-order valence-electron chi connectivity index (χ1n) is 7.17. The molecule has 0 aliphatic carbocycles. The van der Waals surface area contributed by atoms with Gasteiger partial charge in [0.1, 0.15) is 6.07 Å². The van der Waals surface area contributed by atoms with E-state index in [4.69, 9.17) is 16.0 Å². The Labute approximate surface area is 151 Å². The maximum atomic E-state index is 11.9. The third kappa shape index (κ3) is 6.04. The maximum Gasteiger partial charge on any atom is 0.280 e. The van der Waals surface area contributed by atoms with Crippen LogP contribution in [0.3, 0.4) is 0 Å². The second-order valence-corrected chi connectivity index (χ2v) is 6.84. The molecule has 0 aliphatic heterocycles. The highest BCUT2D eigenvalue weighted by Crippen LogP contribution is 2.27. The van der Waals surface area contributed by atoms with E-state index >= 15 is 0 Å². The summed E-state index contributed by atoms with van der Waals surface area (Å²) in [7, 11) is -1.80. The molecule has 0 atom stereocenters. The quantitative estimate of drug-likeness (QED) is 0.395. The lowest BCUT2D eigenvalue weighted by molar-refractivity contribution is 0.100. The topological polar surface area (TPSA) is 165 Å². The molecular formula is C16H19N5O4S. The molecule has 0 fully saturated rings. The molecule has 0 spiro atoms. The van der Waals surface area contributed by atoms with Gasteiger partial charge in [-0.15, -0.1) is 0 Å². The Kier molecular flexibility index (Phi) is 6.65. The van der Waals surface area contributed by atoms with Crippen LogP contribution in [0, 0.1) is 18.3 Å². The number of guanidine groups is 1. The largest absolute Gasteiger partial charge is 0.370 e. The highest BCUT2D eigenvalue weighted by atomic mass is 32.2. The van der Waals surface area contributed by atoms with Crippen LogP contribution in [0.15, 0.2) is 35.3 Å². The van der Waals surface area contributed by atoms with E-state index in [0.717, 1.165) is 17.0 Å². The zero-order valence-corrected chi connectivity index (χ0v) is 15.3. The number of hydrogen-bond donors (Lipinski definition) is 3. The molecule has 0 unspecified atom stereocenters. The van der Waals surface area contributed by atoms with E-state index in [2.05, 4.69) is 11.1 Å². The molecule has 0 saturated carbocycles. The summed E-state index contributed by atoms with van der Waals surface area (Å²) in [5.41, 5.74) is 13.8. The van der Waals surface area contributed by atoms with Gasteiger partial charge in [0.15, 0.2) is 5.96 Å². The fraction of sp³-hybridized carbons (Fsp3) is 0.188. The number of aromatic nitrogens is 1. The molecule has 138 valence electrons. The average molecular weight is 377 g/mol. The summed E-state index contributed by atoms with van der Waals surface area (Å²) in [6.45, 7) is 1.92. The van der Waals surface area contributed by atoms with Crippen molar-refractivity contribution in [1.82, 2.24) is 4.57 Å². The zero-order valence-electron chi connectivity index (χ0n) is 14.5. The van der Waals surface area contributed by atoms with Crippen molar-refractivity contribution in [3.8, 4) is 17.3 Å². The van der Waals surface area contributed by atoms with Gasteiger partial charge in [-0.25, -0.2) is 0 Å². The van der Waals surface area contributed by atoms with Crippen molar-refractivity contribution in [2.75, 3.05) is 6.26 Å². The number of hydrogen-bond acceptors (Lipinski definition) is 4. The number of aryl methyl sites for hydroxylation is 1. The normalized spacial score (nSPS) is 10.3. The van der Waals surface area contributed by atoms with Crippen LogP contribution in [0.25, 0.3) is 11.3 Å². The predicted molar refractivity (Wildman–Crippen MR) is 97.9 cm³/mol. The molecule has 1 aromatic heterocycles. The average Bonchev–Trinajstić information content (AvgIpc) is 2.80. The molecule has 1 aromatic carbocycles. The van der Waals surface area contributed by atoms with E-state index in [0.29, 0.717) is 17.4 Å². The van der Waals surface area contributed by atoms with Gasteiger partial charge in [-0.05, 0) is 25.1 Å². The van der Waals surface area contributed by atoms with Crippen molar-refractivity contribution in [1.29, 1.82) is 5.26 Å². The van der Waals surface area contributed by atoms with Crippen LogP contribution < -0.4 is 11.5 Å². The standard InChI is InChI=1S/C15H15N5O.CH4O3S/c1-9-6-12(8-16)13(20(9)2)10-4-3-5-11(7-10)14(21)19-15(17)18;1-5(2,3)4/h3-7H,1-2H3,(H4,17,18,19,21);1H3,(H,2,3,4). The summed E-state index contributed by atoms with van der Waals surface area (Å²) in [5.74, 6) is -0.792. The minimum atomic E-state index is -3.67. The number of amides is 1. The number of rotatable bonds is 2. The summed E-state index contributed by atoms with van der Waals surface area (Å²) in [6, 6.07) is 10.8. The summed E-state index contributed by atoms with van der Waals surface area (Å²) in [6.07, 6.45) is 0.715. The van der Waals surface area contributed by atoms with Gasteiger partial charge >= 0.3 is 0 Å². The van der Waals surface area contributed by atoms with E-state index < -0.39 is 16.0 Å². The van der Waals surface area contributed by atoms with Gasteiger partial charge < -0.3 is 16.0 Å². The lowest BCUT2D eigenvalue weighted by atomic mass is 10.1. The SMILES string of the molecule is CS(=O)(=O)O.Cc1cc(C#N)c(-c2cccc(C(=O)N=C(N)N)c2)n1C. The fourth-order valence-corrected chi connectivity index (χ4v) is 2.15. The van der Waals surface area contributed by atoms with E-state index in [1.807, 2.05) is 24.6 Å². The second-order valence-electron chi connectivity index (χ2n) is 5.37. The van der Waals surface area contributed by atoms with Gasteiger partial charge in [0.25, 0.3) is 16.0 Å². The lowest BCUT2D eigenvalue weighted by Crippen LogP contribution is -2.24. The van der Waals surface area contributed by atoms with E-state index in [1.54, 1.807) is 24.3 Å². The number of aliphatic imine (C=N–C) groups is 1. The van der Waals surface area contributed by atoms with Gasteiger partial charge in [-0.3, -0.25) is 9.35 Å². The Hall–Kier alpha value is -3.16. The number of nitrogens with zero attached hydrogens (tertiary/aromatic N) is 3. The van der Waals surface area contributed by atoms with E-state index in [1.165, 1.54) is 0 Å². The van der Waals surface area contributed by atoms with Crippen LogP contribution >= 0.6 is 0 Å². The molecule has 9 nitrogen and oxygen atoms in total. The molecule has 0 saturated heterocycles. The molecule has 1 heterocycles. The molecule has 0 bridgehead atoms. The van der Waals surface area contributed by atoms with Crippen molar-refractivity contribution in [3.63, 3.8) is 0 Å². The van der Waals surface area contributed by atoms with Crippen LogP contribution in [0.2, 0.25) is 0 Å². The molecule has 0 aliphatic rings. The van der Waals surface area contributed by atoms with Crippen LogP contribution in [-0.2, 0) is 17.2 Å². The Bertz CT molecular complexity index is 988. The minimum absolute atomic E-state index is 0.280. The van der Waals surface area contributed by atoms with E-state index in [9.17, 15) is 18.5 Å². The first-order chi connectivity index (χ1) is 11.9. The molecule has 2 rings (SSSR count). The highest BCUT2D eigenvalue weighted by molar-refractivity contribution is 7.85. The summed E-state index contributed by atoms with van der Waals surface area (Å²) in [5, 5.41) is 9.23. The van der Waals surface area contributed by atoms with Crippen LogP contribution in [0.5, 0.6) is 0 Å². The second kappa shape index (κ2) is 8.28. The van der Waals surface area contributed by atoms with Crippen molar-refractivity contribution in [2.45, 2.75) is 6.92 Å². The highest BCUT2D eigenvalue weighted by Gasteiger charge is 2.14. The summed E-state index contributed by atoms with van der Waals surface area (Å²) >= 11 is 0. The molecule has 2 aromatic rings.